The monoisotopic (exact) mass is 559 g/mol. The van der Waals surface area contributed by atoms with E-state index in [1.54, 1.807) is 0 Å². The van der Waals surface area contributed by atoms with Crippen molar-refractivity contribution in [3.63, 3.8) is 0 Å². The first-order valence-electron chi connectivity index (χ1n) is 15.1. The summed E-state index contributed by atoms with van der Waals surface area (Å²) in [5.41, 5.74) is 8.31. The average Bonchev–Trinajstić information content (AvgIpc) is 3.41. The molecule has 0 fully saturated rings. The number of nitrogens with zero attached hydrogens (tertiary/aromatic N) is 1. The van der Waals surface area contributed by atoms with Crippen LogP contribution in [0.2, 0.25) is 0 Å². The van der Waals surface area contributed by atoms with Crippen molar-refractivity contribution >= 4 is 54.1 Å². The van der Waals surface area contributed by atoms with E-state index in [1.807, 2.05) is 0 Å². The van der Waals surface area contributed by atoms with E-state index in [0.29, 0.717) is 0 Å². The van der Waals surface area contributed by atoms with Gasteiger partial charge in [-0.3, -0.25) is 0 Å². The minimum absolute atomic E-state index is 0.904. The number of hydrogen-bond donors (Lipinski definition) is 0. The molecule has 0 spiro atoms. The highest BCUT2D eigenvalue weighted by Gasteiger charge is 2.21. The van der Waals surface area contributed by atoms with Crippen molar-refractivity contribution in [1.82, 2.24) is 4.57 Å². The Labute approximate surface area is 254 Å². The summed E-state index contributed by atoms with van der Waals surface area (Å²) in [6, 6.07) is 54.9. The zero-order chi connectivity index (χ0) is 28.8. The molecule has 0 radical (unpaired) electrons. The van der Waals surface area contributed by atoms with Crippen LogP contribution in [-0.2, 0) is 0 Å². The molecule has 1 aliphatic heterocycles. The molecular formula is C42H25NO. The lowest BCUT2D eigenvalue weighted by Crippen LogP contribution is -1.97. The largest absolute Gasteiger partial charge is 0.456 e. The van der Waals surface area contributed by atoms with E-state index >= 15 is 0 Å². The smallest absolute Gasteiger partial charge is 0.135 e. The van der Waals surface area contributed by atoms with Crippen molar-refractivity contribution in [3.8, 4) is 39.4 Å². The maximum atomic E-state index is 6.35. The van der Waals surface area contributed by atoms with Gasteiger partial charge in [-0.25, -0.2) is 0 Å². The Morgan fingerprint density at radius 3 is 1.98 bits per heavy atom. The van der Waals surface area contributed by atoms with E-state index in [2.05, 4.69) is 156 Å². The van der Waals surface area contributed by atoms with Crippen LogP contribution < -0.4 is 4.74 Å². The van der Waals surface area contributed by atoms with Crippen LogP contribution in [0.25, 0.3) is 82.1 Å². The molecule has 2 heteroatoms. The molecule has 44 heavy (non-hydrogen) atoms. The number of benzene rings is 8. The van der Waals surface area contributed by atoms with E-state index in [4.69, 9.17) is 4.74 Å². The normalized spacial score (nSPS) is 12.3. The fourth-order valence-electron chi connectivity index (χ4n) is 7.30. The summed E-state index contributed by atoms with van der Waals surface area (Å²) < 4.78 is 8.77. The summed E-state index contributed by atoms with van der Waals surface area (Å²) in [6.45, 7) is 0. The van der Waals surface area contributed by atoms with Gasteiger partial charge in [-0.2, -0.15) is 0 Å². The number of aromatic nitrogens is 1. The third-order valence-electron chi connectivity index (χ3n) is 9.34. The minimum atomic E-state index is 0.904. The van der Waals surface area contributed by atoms with Crippen LogP contribution in [0.3, 0.4) is 0 Å². The van der Waals surface area contributed by atoms with Gasteiger partial charge in [0.2, 0.25) is 0 Å². The molecule has 0 unspecified atom stereocenters. The van der Waals surface area contributed by atoms with Crippen LogP contribution in [0.4, 0.5) is 0 Å². The van der Waals surface area contributed by atoms with Gasteiger partial charge in [0.15, 0.2) is 0 Å². The lowest BCUT2D eigenvalue weighted by Gasteiger charge is -2.22. The molecule has 0 saturated heterocycles. The lowest BCUT2D eigenvalue weighted by atomic mass is 9.92. The summed E-state index contributed by atoms with van der Waals surface area (Å²) in [5, 5.41) is 10.0. The van der Waals surface area contributed by atoms with Crippen molar-refractivity contribution in [2.45, 2.75) is 0 Å². The molecule has 1 aromatic heterocycles. The number of hydrogen-bond acceptors (Lipinski definition) is 1. The fraction of sp³-hybridized carbons (Fsp3) is 0. The quantitative estimate of drug-likeness (QED) is 0.205. The molecule has 2 heterocycles. The van der Waals surface area contributed by atoms with E-state index in [-0.39, 0.29) is 0 Å². The number of rotatable bonds is 2. The van der Waals surface area contributed by atoms with Crippen LogP contribution in [0.1, 0.15) is 0 Å². The molecule has 1 aliphatic rings. The number of fused-ring (bicyclic) bond motifs is 8. The van der Waals surface area contributed by atoms with Gasteiger partial charge in [0.1, 0.15) is 11.5 Å². The van der Waals surface area contributed by atoms with Gasteiger partial charge in [-0.05, 0) is 92.2 Å². The van der Waals surface area contributed by atoms with Gasteiger partial charge in [-0.1, -0.05) is 103 Å². The van der Waals surface area contributed by atoms with Crippen LogP contribution in [0.15, 0.2) is 152 Å². The second-order valence-corrected chi connectivity index (χ2v) is 11.8. The summed E-state index contributed by atoms with van der Waals surface area (Å²) in [4.78, 5) is 0. The Morgan fingerprint density at radius 1 is 0.386 bits per heavy atom. The molecule has 0 bridgehead atoms. The van der Waals surface area contributed by atoms with Gasteiger partial charge in [0.25, 0.3) is 0 Å². The first-order chi connectivity index (χ1) is 21.8. The van der Waals surface area contributed by atoms with Crippen LogP contribution in [0, 0.1) is 0 Å². The zero-order valence-electron chi connectivity index (χ0n) is 23.8. The Kier molecular flexibility index (Phi) is 4.75. The van der Waals surface area contributed by atoms with Gasteiger partial charge in [0.05, 0.1) is 11.0 Å². The first-order valence-corrected chi connectivity index (χ1v) is 15.1. The standard InChI is InChI=1S/C42H25NO/c1-2-9-30-25-38-36(24-29(30)8-1)42-33-12-4-3-7-27(33)17-21-37(42)43(38)32-19-15-26(16-20-32)31-18-22-39-35(23-31)34-13-5-10-28-11-6-14-40(44-39)41(28)34/h1-25H. The van der Waals surface area contributed by atoms with Crippen molar-refractivity contribution in [3.05, 3.63) is 152 Å². The minimum Gasteiger partial charge on any atom is -0.456 e. The molecule has 9 aromatic rings. The molecule has 2 nitrogen and oxygen atoms in total. The van der Waals surface area contributed by atoms with Crippen LogP contribution in [-0.4, -0.2) is 4.57 Å². The molecule has 0 N–H and O–H groups in total. The molecule has 8 aromatic carbocycles. The third kappa shape index (κ3) is 3.31. The lowest BCUT2D eigenvalue weighted by molar-refractivity contribution is 0.487. The van der Waals surface area contributed by atoms with Crippen molar-refractivity contribution in [2.24, 2.45) is 0 Å². The molecule has 10 rings (SSSR count). The topological polar surface area (TPSA) is 14.2 Å². The fourth-order valence-corrected chi connectivity index (χ4v) is 7.30. The van der Waals surface area contributed by atoms with Gasteiger partial charge < -0.3 is 9.30 Å². The molecular weight excluding hydrogens is 534 g/mol. The Hall–Kier alpha value is -5.86. The van der Waals surface area contributed by atoms with E-state index < -0.39 is 0 Å². The van der Waals surface area contributed by atoms with Crippen molar-refractivity contribution in [1.29, 1.82) is 0 Å². The summed E-state index contributed by atoms with van der Waals surface area (Å²) in [7, 11) is 0. The predicted octanol–water partition coefficient (Wildman–Crippen LogP) is 11.7. The molecule has 0 saturated carbocycles. The SMILES string of the molecule is c1ccc2cc3c(cc2c1)c1c2ccccc2ccc1n3-c1ccc(-c2ccc3c(c2)-c2cccc4cccc(c24)O3)cc1. The Balaban J connectivity index is 1.15. The van der Waals surface area contributed by atoms with Crippen molar-refractivity contribution in [2.75, 3.05) is 0 Å². The highest BCUT2D eigenvalue weighted by molar-refractivity contribution is 6.23. The maximum absolute atomic E-state index is 6.35. The highest BCUT2D eigenvalue weighted by atomic mass is 16.5. The van der Waals surface area contributed by atoms with E-state index in [1.165, 1.54) is 70.8 Å². The zero-order valence-corrected chi connectivity index (χ0v) is 23.8. The van der Waals surface area contributed by atoms with E-state index in [0.717, 1.165) is 22.7 Å². The van der Waals surface area contributed by atoms with Crippen LogP contribution in [0.5, 0.6) is 11.5 Å². The van der Waals surface area contributed by atoms with Gasteiger partial charge in [0, 0.05) is 27.4 Å². The molecule has 0 amide bonds. The van der Waals surface area contributed by atoms with Crippen molar-refractivity contribution < 1.29 is 4.74 Å². The summed E-state index contributed by atoms with van der Waals surface area (Å²) in [6.07, 6.45) is 0. The highest BCUT2D eigenvalue weighted by Crippen LogP contribution is 2.47. The van der Waals surface area contributed by atoms with Gasteiger partial charge >= 0.3 is 0 Å². The molecule has 0 aliphatic carbocycles. The van der Waals surface area contributed by atoms with Gasteiger partial charge in [-0.15, -0.1) is 0 Å². The molecule has 0 atom stereocenters. The number of ether oxygens (including phenoxy) is 1. The Morgan fingerprint density at radius 2 is 1.11 bits per heavy atom. The van der Waals surface area contributed by atoms with Crippen LogP contribution >= 0.6 is 0 Å². The molecule has 204 valence electrons. The maximum Gasteiger partial charge on any atom is 0.135 e. The first kappa shape index (κ1) is 23.7. The average molecular weight is 560 g/mol. The third-order valence-corrected chi connectivity index (χ3v) is 9.34. The summed E-state index contributed by atoms with van der Waals surface area (Å²) >= 11 is 0. The second kappa shape index (κ2) is 8.82. The predicted molar refractivity (Wildman–Crippen MR) is 184 cm³/mol. The Bertz CT molecular complexity index is 2620. The second-order valence-electron chi connectivity index (χ2n) is 11.8. The summed E-state index contributed by atoms with van der Waals surface area (Å²) in [5.74, 6) is 1.83. The van der Waals surface area contributed by atoms with E-state index in [9.17, 15) is 0 Å².